The van der Waals surface area contributed by atoms with Crippen LogP contribution >= 0.6 is 11.6 Å². The molecule has 0 aliphatic carbocycles. The lowest BCUT2D eigenvalue weighted by molar-refractivity contribution is 0.271. The van der Waals surface area contributed by atoms with Crippen LogP contribution in [0.5, 0.6) is 5.75 Å². The molecule has 2 aromatic carbocycles. The van der Waals surface area contributed by atoms with Crippen LogP contribution in [0.15, 0.2) is 53.6 Å². The molecule has 1 fully saturated rings. The van der Waals surface area contributed by atoms with Crippen LogP contribution in [0.3, 0.4) is 0 Å². The van der Waals surface area contributed by atoms with Gasteiger partial charge in [-0.3, -0.25) is 5.01 Å². The van der Waals surface area contributed by atoms with E-state index in [1.54, 1.807) is 7.11 Å². The molecule has 120 valence electrons. The molecule has 0 amide bonds. The number of hydrogen-bond acceptors (Lipinski definition) is 4. The van der Waals surface area contributed by atoms with E-state index >= 15 is 0 Å². The minimum Gasteiger partial charge on any atom is -0.495 e. The lowest BCUT2D eigenvalue weighted by Crippen LogP contribution is -2.44. The highest BCUT2D eigenvalue weighted by atomic mass is 35.5. The quantitative estimate of drug-likeness (QED) is 0.804. The molecular formula is C18H20ClN3O. The van der Waals surface area contributed by atoms with Gasteiger partial charge < -0.3 is 9.64 Å². The molecule has 3 rings (SSSR count). The van der Waals surface area contributed by atoms with Crippen LogP contribution in [-0.2, 0) is 0 Å². The first-order valence-corrected chi connectivity index (χ1v) is 8.07. The highest BCUT2D eigenvalue weighted by Crippen LogP contribution is 2.28. The highest BCUT2D eigenvalue weighted by Gasteiger charge is 2.18. The van der Waals surface area contributed by atoms with Gasteiger partial charge in [-0.25, -0.2) is 0 Å². The van der Waals surface area contributed by atoms with Gasteiger partial charge in [0.2, 0.25) is 0 Å². The molecule has 1 aliphatic heterocycles. The number of hydrogen-bond donors (Lipinski definition) is 0. The summed E-state index contributed by atoms with van der Waals surface area (Å²) in [5, 5.41) is 7.36. The monoisotopic (exact) mass is 329 g/mol. The van der Waals surface area contributed by atoms with E-state index in [1.807, 2.05) is 48.7 Å². The van der Waals surface area contributed by atoms with Crippen LogP contribution in [-0.4, -0.2) is 44.5 Å². The summed E-state index contributed by atoms with van der Waals surface area (Å²) < 4.78 is 5.44. The van der Waals surface area contributed by atoms with Crippen LogP contribution < -0.4 is 9.64 Å². The van der Waals surface area contributed by atoms with E-state index in [1.165, 1.54) is 0 Å². The minimum absolute atomic E-state index is 0.726. The van der Waals surface area contributed by atoms with E-state index in [0.29, 0.717) is 0 Å². The van der Waals surface area contributed by atoms with Crippen molar-refractivity contribution in [3.05, 3.63) is 59.1 Å². The van der Waals surface area contributed by atoms with Gasteiger partial charge >= 0.3 is 0 Å². The molecule has 0 atom stereocenters. The molecule has 0 saturated carbocycles. The maximum absolute atomic E-state index is 6.15. The van der Waals surface area contributed by atoms with Crippen molar-refractivity contribution < 1.29 is 4.74 Å². The minimum atomic E-state index is 0.726. The lowest BCUT2D eigenvalue weighted by atomic mass is 10.2. The van der Waals surface area contributed by atoms with Crippen molar-refractivity contribution in [2.75, 3.05) is 38.2 Å². The zero-order chi connectivity index (χ0) is 16.1. The van der Waals surface area contributed by atoms with Crippen molar-refractivity contribution in [3.8, 4) is 5.75 Å². The number of benzene rings is 2. The normalized spacial score (nSPS) is 15.2. The Morgan fingerprint density at radius 1 is 1.00 bits per heavy atom. The third-order valence-corrected chi connectivity index (χ3v) is 4.29. The van der Waals surface area contributed by atoms with Crippen LogP contribution in [0.1, 0.15) is 5.56 Å². The molecular weight excluding hydrogens is 310 g/mol. The largest absolute Gasteiger partial charge is 0.495 e. The summed E-state index contributed by atoms with van der Waals surface area (Å²) in [6, 6.07) is 15.9. The molecule has 1 aliphatic rings. The SMILES string of the molecule is COc1ccccc1N1CCN(/N=C/c2ccccc2Cl)CC1. The van der Waals surface area contributed by atoms with Gasteiger partial charge in [-0.15, -0.1) is 0 Å². The number of halogens is 1. The van der Waals surface area contributed by atoms with Gasteiger partial charge in [-0.2, -0.15) is 5.10 Å². The Morgan fingerprint density at radius 3 is 2.43 bits per heavy atom. The summed E-state index contributed by atoms with van der Waals surface area (Å²) in [5.41, 5.74) is 2.09. The summed E-state index contributed by atoms with van der Waals surface area (Å²) in [7, 11) is 1.71. The van der Waals surface area contributed by atoms with Gasteiger partial charge in [-0.1, -0.05) is 41.9 Å². The van der Waals surface area contributed by atoms with Gasteiger partial charge in [0.1, 0.15) is 5.75 Å². The number of para-hydroxylation sites is 2. The van der Waals surface area contributed by atoms with E-state index in [0.717, 1.165) is 48.2 Å². The van der Waals surface area contributed by atoms with Crippen LogP contribution in [0.4, 0.5) is 5.69 Å². The summed E-state index contributed by atoms with van der Waals surface area (Å²) in [6.45, 7) is 3.58. The van der Waals surface area contributed by atoms with E-state index < -0.39 is 0 Å². The molecule has 0 bridgehead atoms. The predicted octanol–water partition coefficient (Wildman–Crippen LogP) is 3.50. The fraction of sp³-hybridized carbons (Fsp3) is 0.278. The molecule has 0 radical (unpaired) electrons. The van der Waals surface area contributed by atoms with Crippen molar-refractivity contribution in [2.45, 2.75) is 0 Å². The number of piperazine rings is 1. The first-order chi connectivity index (χ1) is 11.3. The second-order valence-electron chi connectivity index (χ2n) is 5.38. The lowest BCUT2D eigenvalue weighted by Gasteiger charge is -2.35. The average molecular weight is 330 g/mol. The maximum Gasteiger partial charge on any atom is 0.142 e. The molecule has 23 heavy (non-hydrogen) atoms. The Balaban J connectivity index is 1.61. The Labute approximate surface area is 141 Å². The van der Waals surface area contributed by atoms with Gasteiger partial charge in [0.05, 0.1) is 32.1 Å². The third kappa shape index (κ3) is 3.77. The number of hydrazone groups is 1. The van der Waals surface area contributed by atoms with E-state index in [2.05, 4.69) is 21.1 Å². The number of nitrogens with zero attached hydrogens (tertiary/aromatic N) is 3. The Hall–Kier alpha value is -2.20. The average Bonchev–Trinajstić information content (AvgIpc) is 2.61. The summed E-state index contributed by atoms with van der Waals surface area (Å²) >= 11 is 6.15. The molecule has 2 aromatic rings. The van der Waals surface area contributed by atoms with E-state index in [-0.39, 0.29) is 0 Å². The third-order valence-electron chi connectivity index (χ3n) is 3.95. The summed E-state index contributed by atoms with van der Waals surface area (Å²) in [4.78, 5) is 2.33. The molecule has 0 spiro atoms. The second kappa shape index (κ2) is 7.38. The van der Waals surface area contributed by atoms with Gasteiger partial charge in [0.25, 0.3) is 0 Å². The summed E-state index contributed by atoms with van der Waals surface area (Å²) in [6.07, 6.45) is 1.83. The van der Waals surface area contributed by atoms with E-state index in [9.17, 15) is 0 Å². The van der Waals surface area contributed by atoms with Crippen molar-refractivity contribution >= 4 is 23.5 Å². The van der Waals surface area contributed by atoms with E-state index in [4.69, 9.17) is 16.3 Å². The van der Waals surface area contributed by atoms with Crippen LogP contribution in [0.2, 0.25) is 5.02 Å². The molecule has 0 aromatic heterocycles. The fourth-order valence-electron chi connectivity index (χ4n) is 2.67. The van der Waals surface area contributed by atoms with Gasteiger partial charge in [0, 0.05) is 23.7 Å². The smallest absolute Gasteiger partial charge is 0.142 e. The van der Waals surface area contributed by atoms with Crippen LogP contribution in [0, 0.1) is 0 Å². The van der Waals surface area contributed by atoms with Gasteiger partial charge in [0.15, 0.2) is 0 Å². The molecule has 1 saturated heterocycles. The van der Waals surface area contributed by atoms with Crippen molar-refractivity contribution in [2.24, 2.45) is 5.10 Å². The number of rotatable bonds is 4. The van der Waals surface area contributed by atoms with Crippen molar-refractivity contribution in [1.29, 1.82) is 0 Å². The zero-order valence-corrected chi connectivity index (χ0v) is 13.9. The second-order valence-corrected chi connectivity index (χ2v) is 5.79. The van der Waals surface area contributed by atoms with Crippen molar-refractivity contribution in [3.63, 3.8) is 0 Å². The van der Waals surface area contributed by atoms with Crippen molar-refractivity contribution in [1.82, 2.24) is 5.01 Å². The standard InChI is InChI=1S/C18H20ClN3O/c1-23-18-9-5-4-8-17(18)21-10-12-22(13-11-21)20-14-15-6-2-3-7-16(15)19/h2-9,14H,10-13H2,1H3/b20-14+. The first kappa shape index (κ1) is 15.7. The highest BCUT2D eigenvalue weighted by molar-refractivity contribution is 6.33. The number of anilines is 1. The van der Waals surface area contributed by atoms with Gasteiger partial charge in [-0.05, 0) is 18.2 Å². The Kier molecular flexibility index (Phi) is 5.03. The molecule has 1 heterocycles. The number of methoxy groups -OCH3 is 1. The topological polar surface area (TPSA) is 28.1 Å². The number of ether oxygens (including phenoxy) is 1. The first-order valence-electron chi connectivity index (χ1n) is 7.69. The molecule has 4 nitrogen and oxygen atoms in total. The molecule has 5 heteroatoms. The fourth-order valence-corrected chi connectivity index (χ4v) is 2.85. The zero-order valence-electron chi connectivity index (χ0n) is 13.2. The Bertz CT molecular complexity index is 681. The molecule has 0 unspecified atom stereocenters. The van der Waals surface area contributed by atoms with Crippen LogP contribution in [0.25, 0.3) is 0 Å². The Morgan fingerprint density at radius 2 is 1.70 bits per heavy atom. The maximum atomic E-state index is 6.15. The predicted molar refractivity (Wildman–Crippen MR) is 95.8 cm³/mol. The molecule has 0 N–H and O–H groups in total. The summed E-state index contributed by atoms with van der Waals surface area (Å²) in [5.74, 6) is 0.917.